The molecule has 208 valence electrons. The number of hydrogen-bond donors (Lipinski definition) is 4. The summed E-state index contributed by atoms with van der Waals surface area (Å²) >= 11 is 0. The standard InChI is InChI=1S/C28H36N6O5/c1-16(2)12-22(33-26(36)21-14-19-20(32-21)6-4-8-24(19)39-3)28(38)34-11-5-7-23(34)27(37)31-18(15-29)13-17-9-10-30-25(17)35/h4,6,8,14,16-18,22-23,32H,5,7,9-13H2,1-3H3,(H,30,35)(H,31,37)(H,33,36)/t17-,18-,22-,23-/m0/s1. The fraction of sp³-hybridized carbons (Fsp3) is 0.536. The Balaban J connectivity index is 1.45. The van der Waals surface area contributed by atoms with E-state index in [9.17, 15) is 24.4 Å². The second-order valence-corrected chi connectivity index (χ2v) is 10.7. The number of methoxy groups -OCH3 is 1. The molecule has 4 rings (SSSR count). The largest absolute Gasteiger partial charge is 0.496 e. The van der Waals surface area contributed by atoms with Crippen molar-refractivity contribution in [1.82, 2.24) is 25.8 Å². The lowest BCUT2D eigenvalue weighted by Gasteiger charge is -2.30. The highest BCUT2D eigenvalue weighted by Crippen LogP contribution is 2.26. The highest BCUT2D eigenvalue weighted by atomic mass is 16.5. The van der Waals surface area contributed by atoms with Crippen LogP contribution < -0.4 is 20.7 Å². The van der Waals surface area contributed by atoms with E-state index < -0.39 is 29.9 Å². The van der Waals surface area contributed by atoms with Crippen LogP contribution in [0.25, 0.3) is 10.9 Å². The molecule has 2 fully saturated rings. The Hall–Kier alpha value is -4.07. The number of nitriles is 1. The number of carbonyl (C=O) groups is 4. The average Bonchev–Trinajstić information content (AvgIpc) is 3.66. The lowest BCUT2D eigenvalue weighted by molar-refractivity contribution is -0.140. The van der Waals surface area contributed by atoms with E-state index in [1.165, 1.54) is 4.90 Å². The number of nitrogens with zero attached hydrogens (tertiary/aromatic N) is 2. The Kier molecular flexibility index (Phi) is 8.74. The molecule has 3 heterocycles. The first kappa shape index (κ1) is 28.0. The Morgan fingerprint density at radius 2 is 2.03 bits per heavy atom. The topological polar surface area (TPSA) is 156 Å². The number of hydrogen-bond acceptors (Lipinski definition) is 6. The van der Waals surface area contributed by atoms with Crippen LogP contribution in [0, 0.1) is 23.2 Å². The van der Waals surface area contributed by atoms with Gasteiger partial charge < -0.3 is 30.6 Å². The molecule has 0 bridgehead atoms. The smallest absolute Gasteiger partial charge is 0.268 e. The van der Waals surface area contributed by atoms with Crippen molar-refractivity contribution in [2.45, 2.75) is 64.1 Å². The Labute approximate surface area is 227 Å². The summed E-state index contributed by atoms with van der Waals surface area (Å²) in [4.78, 5) is 56.6. The maximum atomic E-state index is 13.7. The van der Waals surface area contributed by atoms with Gasteiger partial charge in [0.1, 0.15) is 29.6 Å². The van der Waals surface area contributed by atoms with Gasteiger partial charge in [-0.2, -0.15) is 5.26 Å². The first-order chi connectivity index (χ1) is 18.7. The van der Waals surface area contributed by atoms with Gasteiger partial charge in [0.25, 0.3) is 5.91 Å². The number of fused-ring (bicyclic) bond motifs is 1. The summed E-state index contributed by atoms with van der Waals surface area (Å²) in [6.07, 6.45) is 2.35. The molecule has 0 radical (unpaired) electrons. The molecule has 4 N–H and O–H groups in total. The summed E-state index contributed by atoms with van der Waals surface area (Å²) in [6, 6.07) is 6.85. The molecule has 2 saturated heterocycles. The molecule has 1 aromatic heterocycles. The molecule has 1 aromatic carbocycles. The first-order valence-corrected chi connectivity index (χ1v) is 13.5. The van der Waals surface area contributed by atoms with Crippen molar-refractivity contribution in [1.29, 1.82) is 5.26 Å². The Morgan fingerprint density at radius 3 is 2.69 bits per heavy atom. The molecule has 0 saturated carbocycles. The fourth-order valence-corrected chi connectivity index (χ4v) is 5.43. The molecule has 11 heteroatoms. The minimum absolute atomic E-state index is 0.108. The summed E-state index contributed by atoms with van der Waals surface area (Å²) in [5.41, 5.74) is 1.05. The van der Waals surface area contributed by atoms with Gasteiger partial charge in [-0.05, 0) is 56.2 Å². The lowest BCUT2D eigenvalue weighted by atomic mass is 9.98. The number of carbonyl (C=O) groups excluding carboxylic acids is 4. The van der Waals surface area contributed by atoms with Crippen molar-refractivity contribution in [3.05, 3.63) is 30.0 Å². The van der Waals surface area contributed by atoms with Crippen molar-refractivity contribution < 1.29 is 23.9 Å². The summed E-state index contributed by atoms with van der Waals surface area (Å²) in [6.45, 7) is 4.87. The van der Waals surface area contributed by atoms with Crippen molar-refractivity contribution >= 4 is 34.5 Å². The second-order valence-electron chi connectivity index (χ2n) is 10.7. The third-order valence-corrected chi connectivity index (χ3v) is 7.39. The van der Waals surface area contributed by atoms with Crippen LogP contribution in [0.5, 0.6) is 5.75 Å². The number of benzene rings is 1. The van der Waals surface area contributed by atoms with Crippen LogP contribution in [0.3, 0.4) is 0 Å². The van der Waals surface area contributed by atoms with Crippen LogP contribution in [0.15, 0.2) is 24.3 Å². The van der Waals surface area contributed by atoms with Crippen molar-refractivity contribution in [3.8, 4) is 11.8 Å². The van der Waals surface area contributed by atoms with E-state index in [1.807, 2.05) is 26.0 Å². The molecule has 0 unspecified atom stereocenters. The molecular weight excluding hydrogens is 500 g/mol. The summed E-state index contributed by atoms with van der Waals surface area (Å²) < 4.78 is 5.38. The number of rotatable bonds is 10. The maximum Gasteiger partial charge on any atom is 0.268 e. The van der Waals surface area contributed by atoms with Crippen molar-refractivity contribution in [2.75, 3.05) is 20.2 Å². The normalized spacial score (nSPS) is 20.4. The predicted molar refractivity (Wildman–Crippen MR) is 144 cm³/mol. The number of amides is 4. The van der Waals surface area contributed by atoms with Gasteiger partial charge in [-0.3, -0.25) is 19.2 Å². The lowest BCUT2D eigenvalue weighted by Crippen LogP contribution is -2.54. The average molecular weight is 537 g/mol. The minimum Gasteiger partial charge on any atom is -0.496 e. The zero-order chi connectivity index (χ0) is 28.1. The van der Waals surface area contributed by atoms with Gasteiger partial charge in [-0.25, -0.2) is 0 Å². The van der Waals surface area contributed by atoms with E-state index in [4.69, 9.17) is 4.74 Å². The van der Waals surface area contributed by atoms with Crippen LogP contribution in [-0.2, 0) is 14.4 Å². The van der Waals surface area contributed by atoms with E-state index >= 15 is 0 Å². The molecular formula is C28H36N6O5. The number of H-pyrrole nitrogens is 1. The van der Waals surface area contributed by atoms with Crippen LogP contribution >= 0.6 is 0 Å². The molecule has 2 aromatic rings. The number of aromatic nitrogens is 1. The number of likely N-dealkylation sites (tertiary alicyclic amines) is 1. The summed E-state index contributed by atoms with van der Waals surface area (Å²) in [5, 5.41) is 18.7. The second kappa shape index (κ2) is 12.2. The zero-order valence-electron chi connectivity index (χ0n) is 22.6. The number of ether oxygens (including phenoxy) is 1. The highest BCUT2D eigenvalue weighted by Gasteiger charge is 2.39. The van der Waals surface area contributed by atoms with Crippen LogP contribution in [0.4, 0.5) is 0 Å². The van der Waals surface area contributed by atoms with E-state index in [-0.39, 0.29) is 30.1 Å². The van der Waals surface area contributed by atoms with Gasteiger partial charge in [0.2, 0.25) is 17.7 Å². The highest BCUT2D eigenvalue weighted by molar-refractivity contribution is 6.02. The zero-order valence-corrected chi connectivity index (χ0v) is 22.6. The van der Waals surface area contributed by atoms with Gasteiger partial charge in [0.15, 0.2) is 0 Å². The van der Waals surface area contributed by atoms with E-state index in [0.717, 1.165) is 10.9 Å². The molecule has 11 nitrogen and oxygen atoms in total. The molecule has 0 aliphatic carbocycles. The summed E-state index contributed by atoms with van der Waals surface area (Å²) in [7, 11) is 1.56. The molecule has 0 spiro atoms. The molecule has 39 heavy (non-hydrogen) atoms. The van der Waals surface area contributed by atoms with Gasteiger partial charge in [-0.15, -0.1) is 0 Å². The summed E-state index contributed by atoms with van der Waals surface area (Å²) in [5.74, 6) is -0.846. The Bertz CT molecular complexity index is 1280. The van der Waals surface area contributed by atoms with Crippen LogP contribution in [-0.4, -0.2) is 71.8 Å². The van der Waals surface area contributed by atoms with E-state index in [1.54, 1.807) is 19.2 Å². The monoisotopic (exact) mass is 536 g/mol. The van der Waals surface area contributed by atoms with Crippen molar-refractivity contribution in [2.24, 2.45) is 11.8 Å². The van der Waals surface area contributed by atoms with E-state index in [0.29, 0.717) is 50.2 Å². The maximum absolute atomic E-state index is 13.7. The first-order valence-electron chi connectivity index (χ1n) is 13.5. The quantitative estimate of drug-likeness (QED) is 0.363. The molecule has 2 aliphatic rings. The fourth-order valence-electron chi connectivity index (χ4n) is 5.43. The molecule has 2 aliphatic heterocycles. The number of aromatic amines is 1. The molecule has 4 amide bonds. The SMILES string of the molecule is COc1cccc2[nH]c(C(=O)N[C@@H](CC(C)C)C(=O)N3CCC[C@H]3C(=O)N[C@H](C#N)C[C@@H]3CCNC3=O)cc12. The van der Waals surface area contributed by atoms with E-state index in [2.05, 4.69) is 27.0 Å². The third-order valence-electron chi connectivity index (χ3n) is 7.39. The van der Waals surface area contributed by atoms with Gasteiger partial charge in [0, 0.05) is 29.9 Å². The minimum atomic E-state index is -0.826. The van der Waals surface area contributed by atoms with Gasteiger partial charge in [0.05, 0.1) is 13.2 Å². The van der Waals surface area contributed by atoms with Crippen molar-refractivity contribution in [3.63, 3.8) is 0 Å². The predicted octanol–water partition coefficient (Wildman–Crippen LogP) is 1.85. The Morgan fingerprint density at radius 1 is 1.23 bits per heavy atom. The molecule has 4 atom stereocenters. The van der Waals surface area contributed by atoms with Gasteiger partial charge in [-0.1, -0.05) is 19.9 Å². The van der Waals surface area contributed by atoms with Gasteiger partial charge >= 0.3 is 0 Å². The van der Waals surface area contributed by atoms with Crippen LogP contribution in [0.2, 0.25) is 0 Å². The third kappa shape index (κ3) is 6.33. The van der Waals surface area contributed by atoms with Crippen LogP contribution in [0.1, 0.15) is 56.4 Å². The number of nitrogens with one attached hydrogen (secondary N) is 4.